The van der Waals surface area contributed by atoms with Crippen molar-refractivity contribution in [3.05, 3.63) is 82.6 Å². The number of hydrogen-bond acceptors (Lipinski definition) is 7. The second kappa shape index (κ2) is 11.2. The van der Waals surface area contributed by atoms with E-state index in [1.807, 2.05) is 66.0 Å². The number of benzene rings is 2. The fraction of sp³-hybridized carbons (Fsp3) is 0.222. The van der Waals surface area contributed by atoms with Crippen LogP contribution in [0, 0.1) is 0 Å². The van der Waals surface area contributed by atoms with Gasteiger partial charge in [0.05, 0.1) is 36.1 Å². The summed E-state index contributed by atoms with van der Waals surface area (Å²) in [5.74, 6) is 0.914. The lowest BCUT2D eigenvalue weighted by Gasteiger charge is -2.23. The van der Waals surface area contributed by atoms with E-state index in [2.05, 4.69) is 11.5 Å². The maximum absolute atomic E-state index is 13.6. The summed E-state index contributed by atoms with van der Waals surface area (Å²) in [4.78, 5) is 34.1. The molecule has 1 aliphatic rings. The number of thioether (sulfide) groups is 1. The average Bonchev–Trinajstić information content (AvgIpc) is 3.58. The number of nitrogens with zero attached hydrogens (tertiary/aromatic N) is 3. The molecule has 1 unspecified atom stereocenters. The normalized spacial score (nSPS) is 15.2. The largest absolute Gasteiger partial charge is 0.497 e. The van der Waals surface area contributed by atoms with Crippen LogP contribution >= 0.6 is 23.1 Å². The van der Waals surface area contributed by atoms with Gasteiger partial charge in [0.2, 0.25) is 5.91 Å². The first kappa shape index (κ1) is 25.1. The first-order valence-corrected chi connectivity index (χ1v) is 13.7. The van der Waals surface area contributed by atoms with Gasteiger partial charge in [0, 0.05) is 16.0 Å². The number of carbonyl (C=O) groups excluding carboxylic acids is 2. The lowest BCUT2D eigenvalue weighted by atomic mass is 10.0. The Morgan fingerprint density at radius 3 is 2.57 bits per heavy atom. The average molecular weight is 535 g/mol. The fourth-order valence-electron chi connectivity index (χ4n) is 4.23. The number of methoxy groups -OCH3 is 1. The van der Waals surface area contributed by atoms with Crippen molar-refractivity contribution in [3.63, 3.8) is 0 Å². The Labute approximate surface area is 223 Å². The maximum Gasteiger partial charge on any atom is 0.263 e. The van der Waals surface area contributed by atoms with Crippen molar-refractivity contribution in [2.75, 3.05) is 30.9 Å². The van der Waals surface area contributed by atoms with E-state index in [0.717, 1.165) is 27.4 Å². The van der Waals surface area contributed by atoms with Gasteiger partial charge in [0.1, 0.15) is 18.1 Å². The number of fused-ring (bicyclic) bond motifs is 1. The third kappa shape index (κ3) is 5.13. The van der Waals surface area contributed by atoms with Crippen LogP contribution in [0.3, 0.4) is 0 Å². The van der Waals surface area contributed by atoms with E-state index < -0.39 is 5.91 Å². The number of hydroxylamine groups is 1. The van der Waals surface area contributed by atoms with Crippen molar-refractivity contribution >= 4 is 40.7 Å². The van der Waals surface area contributed by atoms with E-state index >= 15 is 0 Å². The Morgan fingerprint density at radius 2 is 1.89 bits per heavy atom. The number of rotatable bonds is 8. The van der Waals surface area contributed by atoms with Gasteiger partial charge in [0.25, 0.3) is 5.91 Å². The number of amides is 2. The molecule has 2 amide bonds. The molecule has 4 aromatic rings. The third-order valence-corrected chi connectivity index (χ3v) is 8.21. The Balaban J connectivity index is 1.76. The molecule has 0 saturated heterocycles. The quantitative estimate of drug-likeness (QED) is 0.326. The van der Waals surface area contributed by atoms with E-state index in [1.165, 1.54) is 4.90 Å². The van der Waals surface area contributed by atoms with Gasteiger partial charge in [-0.25, -0.2) is 10.2 Å². The van der Waals surface area contributed by atoms with Crippen LogP contribution in [0.4, 0.5) is 5.82 Å². The number of nitrogens with one attached hydrogen (secondary N) is 1. The number of ether oxygens (including phenoxy) is 1. The predicted octanol–water partition coefficient (Wildman–Crippen LogP) is 4.85. The molecule has 2 aromatic carbocycles. The van der Waals surface area contributed by atoms with Crippen LogP contribution in [0.25, 0.3) is 16.9 Å². The van der Waals surface area contributed by atoms with Crippen LogP contribution in [0.2, 0.25) is 0 Å². The van der Waals surface area contributed by atoms with Gasteiger partial charge < -0.3 is 4.74 Å². The zero-order valence-electron chi connectivity index (χ0n) is 20.4. The van der Waals surface area contributed by atoms with Crippen LogP contribution in [0.1, 0.15) is 22.6 Å². The highest BCUT2D eigenvalue weighted by Crippen LogP contribution is 2.49. The molecule has 8 nitrogen and oxygen atoms in total. The number of thiophene rings is 1. The molecule has 0 aliphatic carbocycles. The monoisotopic (exact) mass is 534 g/mol. The third-order valence-electron chi connectivity index (χ3n) is 5.89. The van der Waals surface area contributed by atoms with E-state index in [1.54, 1.807) is 41.8 Å². The van der Waals surface area contributed by atoms with Gasteiger partial charge in [-0.3, -0.25) is 19.3 Å². The van der Waals surface area contributed by atoms with Crippen LogP contribution in [0.5, 0.6) is 5.75 Å². The molecule has 2 aromatic heterocycles. The van der Waals surface area contributed by atoms with Crippen LogP contribution in [-0.2, 0) is 14.4 Å². The van der Waals surface area contributed by atoms with Gasteiger partial charge in [-0.05, 0) is 42.6 Å². The fourth-order valence-corrected chi connectivity index (χ4v) is 6.40. The summed E-state index contributed by atoms with van der Waals surface area (Å²) in [6.07, 6.45) is 0. The Morgan fingerprint density at radius 1 is 1.11 bits per heavy atom. The molecular formula is C27H26N4O4S2. The van der Waals surface area contributed by atoms with Crippen molar-refractivity contribution in [2.45, 2.75) is 12.2 Å². The Kier molecular flexibility index (Phi) is 7.59. The van der Waals surface area contributed by atoms with E-state index in [-0.39, 0.29) is 23.5 Å². The molecule has 190 valence electrons. The number of carbonyl (C=O) groups is 2. The van der Waals surface area contributed by atoms with Crippen LogP contribution < -0.4 is 15.1 Å². The van der Waals surface area contributed by atoms with Crippen molar-refractivity contribution in [1.29, 1.82) is 0 Å². The maximum atomic E-state index is 13.6. The smallest absolute Gasteiger partial charge is 0.263 e. The zero-order chi connectivity index (χ0) is 25.8. The highest BCUT2D eigenvalue weighted by molar-refractivity contribution is 8.00. The van der Waals surface area contributed by atoms with Crippen molar-refractivity contribution in [1.82, 2.24) is 15.3 Å². The lowest BCUT2D eigenvalue weighted by Crippen LogP contribution is -2.42. The zero-order valence-corrected chi connectivity index (χ0v) is 22.1. The van der Waals surface area contributed by atoms with Crippen LogP contribution in [0.15, 0.2) is 72.1 Å². The Hall–Kier alpha value is -3.60. The van der Waals surface area contributed by atoms with Gasteiger partial charge in [-0.1, -0.05) is 36.4 Å². The summed E-state index contributed by atoms with van der Waals surface area (Å²) in [6.45, 7) is 1.91. The number of anilines is 1. The molecule has 3 heterocycles. The van der Waals surface area contributed by atoms with Gasteiger partial charge in [-0.2, -0.15) is 5.10 Å². The second-order valence-electron chi connectivity index (χ2n) is 8.21. The summed E-state index contributed by atoms with van der Waals surface area (Å²) < 4.78 is 7.10. The number of hydrogen-bond donors (Lipinski definition) is 1. The SMILES string of the molecule is CCONC(=O)CN1C(=O)CSC(c2cccs2)c2c(-c3ccccc3)nn(-c3ccc(OC)cc3)c21. The summed E-state index contributed by atoms with van der Waals surface area (Å²) in [5.41, 5.74) is 5.76. The molecule has 5 rings (SSSR count). The van der Waals surface area contributed by atoms with E-state index in [9.17, 15) is 9.59 Å². The molecule has 0 saturated carbocycles. The van der Waals surface area contributed by atoms with E-state index in [4.69, 9.17) is 14.7 Å². The molecule has 1 N–H and O–H groups in total. The highest BCUT2D eigenvalue weighted by atomic mass is 32.2. The molecule has 0 bridgehead atoms. The van der Waals surface area contributed by atoms with Crippen LogP contribution in [-0.4, -0.2) is 47.6 Å². The highest BCUT2D eigenvalue weighted by Gasteiger charge is 2.38. The topological polar surface area (TPSA) is 85.7 Å². The summed E-state index contributed by atoms with van der Waals surface area (Å²) in [7, 11) is 1.61. The molecule has 1 atom stereocenters. The van der Waals surface area contributed by atoms with Crippen molar-refractivity contribution in [2.24, 2.45) is 0 Å². The first-order valence-electron chi connectivity index (χ1n) is 11.8. The molecule has 1 aliphatic heterocycles. The standard InChI is InChI=1S/C27H26N4O4S2/c1-3-35-29-22(32)16-30-23(33)17-37-26(21-10-7-15-36-21)24-25(18-8-5-4-6-9-18)28-31(27(24)30)19-11-13-20(34-2)14-12-19/h4-15,26H,3,16-17H2,1-2H3,(H,29,32). The minimum absolute atomic E-state index is 0.138. The van der Waals surface area contributed by atoms with Gasteiger partial charge >= 0.3 is 0 Å². The molecule has 0 radical (unpaired) electrons. The minimum Gasteiger partial charge on any atom is -0.497 e. The predicted molar refractivity (Wildman–Crippen MR) is 146 cm³/mol. The molecule has 0 spiro atoms. The summed E-state index contributed by atoms with van der Waals surface area (Å²) in [5, 5.41) is 6.95. The van der Waals surface area contributed by atoms with E-state index in [0.29, 0.717) is 18.2 Å². The molecular weight excluding hydrogens is 508 g/mol. The summed E-state index contributed by atoms with van der Waals surface area (Å²) >= 11 is 3.19. The molecule has 10 heteroatoms. The van der Waals surface area contributed by atoms with Gasteiger partial charge in [0.15, 0.2) is 0 Å². The second-order valence-corrected chi connectivity index (χ2v) is 10.3. The van der Waals surface area contributed by atoms with Gasteiger partial charge in [-0.15, -0.1) is 23.1 Å². The number of aromatic nitrogens is 2. The van der Waals surface area contributed by atoms with Crippen molar-refractivity contribution < 1.29 is 19.2 Å². The first-order chi connectivity index (χ1) is 18.1. The minimum atomic E-state index is -0.413. The lowest BCUT2D eigenvalue weighted by molar-refractivity contribution is -0.132. The molecule has 0 fully saturated rings. The molecule has 37 heavy (non-hydrogen) atoms. The summed E-state index contributed by atoms with van der Waals surface area (Å²) in [6, 6.07) is 21.5. The van der Waals surface area contributed by atoms with Crippen molar-refractivity contribution in [3.8, 4) is 22.7 Å². The Bertz CT molecular complexity index is 1370.